The van der Waals surface area contributed by atoms with Crippen molar-refractivity contribution in [3.63, 3.8) is 0 Å². The monoisotopic (exact) mass is 294 g/mol. The average Bonchev–Trinajstić information content (AvgIpc) is 2.51. The normalized spacial score (nSPS) is 15.8. The minimum Gasteiger partial charge on any atom is -0.306 e. The first-order valence-corrected chi connectivity index (χ1v) is 7.74. The van der Waals surface area contributed by atoms with Crippen LogP contribution >= 0.6 is 0 Å². The van der Waals surface area contributed by atoms with Crippen LogP contribution in [0.3, 0.4) is 0 Å². The molecule has 1 atom stereocenters. The van der Waals surface area contributed by atoms with Gasteiger partial charge in [0.2, 0.25) is 0 Å². The molecule has 3 rings (SSSR count). The zero-order valence-corrected chi connectivity index (χ0v) is 12.4. The molecule has 2 nitrogen and oxygen atoms in total. The van der Waals surface area contributed by atoms with Crippen LogP contribution in [0.15, 0.2) is 48.5 Å². The molecule has 112 valence electrons. The van der Waals surface area contributed by atoms with Gasteiger partial charge in [0.05, 0.1) is 11.6 Å². The molecule has 0 aromatic heterocycles. The van der Waals surface area contributed by atoms with Crippen molar-refractivity contribution in [3.05, 3.63) is 71.0 Å². The molecule has 0 radical (unpaired) electrons. The fraction of sp³-hybridized carbons (Fsp3) is 0.316. The van der Waals surface area contributed by atoms with Crippen molar-refractivity contribution in [2.45, 2.75) is 31.8 Å². The van der Waals surface area contributed by atoms with Gasteiger partial charge in [-0.3, -0.25) is 0 Å². The van der Waals surface area contributed by atoms with Gasteiger partial charge in [0.15, 0.2) is 0 Å². The topological polar surface area (TPSA) is 35.8 Å². The summed E-state index contributed by atoms with van der Waals surface area (Å²) in [6, 6.07) is 16.9. The highest BCUT2D eigenvalue weighted by molar-refractivity contribution is 5.31. The van der Waals surface area contributed by atoms with Gasteiger partial charge in [-0.2, -0.15) is 5.26 Å². The second-order valence-electron chi connectivity index (χ2n) is 5.91. The van der Waals surface area contributed by atoms with Gasteiger partial charge in [-0.05, 0) is 54.2 Å². The van der Waals surface area contributed by atoms with Gasteiger partial charge in [0, 0.05) is 12.6 Å². The van der Waals surface area contributed by atoms with E-state index in [2.05, 4.69) is 11.4 Å². The molecule has 1 aliphatic carbocycles. The first kappa shape index (κ1) is 14.7. The van der Waals surface area contributed by atoms with E-state index in [1.807, 2.05) is 36.4 Å². The number of nitriles is 1. The first-order valence-electron chi connectivity index (χ1n) is 7.74. The number of nitrogens with zero attached hydrogens (tertiary/aromatic N) is 1. The highest BCUT2D eigenvalue weighted by Gasteiger charge is 2.28. The summed E-state index contributed by atoms with van der Waals surface area (Å²) in [6.45, 7) is 0.754. The Bertz CT molecular complexity index is 651. The van der Waals surface area contributed by atoms with Crippen LogP contribution < -0.4 is 5.32 Å². The van der Waals surface area contributed by atoms with E-state index >= 15 is 0 Å². The number of benzene rings is 2. The molecule has 2 aromatic rings. The Morgan fingerprint density at radius 2 is 1.77 bits per heavy atom. The maximum atomic E-state index is 13.1. The molecule has 0 bridgehead atoms. The van der Waals surface area contributed by atoms with Crippen molar-refractivity contribution < 1.29 is 4.39 Å². The third-order valence-corrected chi connectivity index (χ3v) is 4.46. The van der Waals surface area contributed by atoms with E-state index < -0.39 is 0 Å². The highest BCUT2D eigenvalue weighted by Crippen LogP contribution is 2.37. The van der Waals surface area contributed by atoms with Crippen LogP contribution in [0.1, 0.15) is 42.0 Å². The standard InChI is InChI=1S/C19H19FN2/c20-18-10-8-17(9-11-18)19(16-2-1-3-16)22-13-15-6-4-14(12-21)5-7-15/h4-11,16,19,22H,1-3,13H2. The summed E-state index contributed by atoms with van der Waals surface area (Å²) < 4.78 is 13.1. The van der Waals surface area contributed by atoms with Crippen molar-refractivity contribution in [2.24, 2.45) is 5.92 Å². The lowest BCUT2D eigenvalue weighted by Gasteiger charge is -2.35. The quantitative estimate of drug-likeness (QED) is 0.891. The number of rotatable bonds is 5. The summed E-state index contributed by atoms with van der Waals surface area (Å²) in [5, 5.41) is 12.4. The zero-order chi connectivity index (χ0) is 15.4. The van der Waals surface area contributed by atoms with E-state index in [1.165, 1.54) is 31.4 Å². The third-order valence-electron chi connectivity index (χ3n) is 4.46. The fourth-order valence-corrected chi connectivity index (χ4v) is 2.92. The molecule has 1 saturated carbocycles. The Morgan fingerprint density at radius 1 is 1.09 bits per heavy atom. The highest BCUT2D eigenvalue weighted by atomic mass is 19.1. The Labute approximate surface area is 130 Å². The third kappa shape index (κ3) is 3.35. The van der Waals surface area contributed by atoms with Crippen LogP contribution in [0.25, 0.3) is 0 Å². The lowest BCUT2D eigenvalue weighted by molar-refractivity contribution is 0.229. The molecule has 2 aromatic carbocycles. The lowest BCUT2D eigenvalue weighted by Crippen LogP contribution is -2.31. The molecule has 22 heavy (non-hydrogen) atoms. The van der Waals surface area contributed by atoms with Crippen molar-refractivity contribution in [1.82, 2.24) is 5.32 Å². The lowest BCUT2D eigenvalue weighted by atomic mass is 9.77. The van der Waals surface area contributed by atoms with Gasteiger partial charge < -0.3 is 5.32 Å². The molecule has 3 heteroatoms. The van der Waals surface area contributed by atoms with E-state index in [4.69, 9.17) is 5.26 Å². The summed E-state index contributed by atoms with van der Waals surface area (Å²) in [4.78, 5) is 0. The second-order valence-corrected chi connectivity index (χ2v) is 5.91. The zero-order valence-electron chi connectivity index (χ0n) is 12.4. The molecule has 0 heterocycles. The summed E-state index contributed by atoms with van der Waals surface area (Å²) in [5.41, 5.74) is 2.99. The Morgan fingerprint density at radius 3 is 2.32 bits per heavy atom. The number of hydrogen-bond donors (Lipinski definition) is 1. The van der Waals surface area contributed by atoms with Crippen molar-refractivity contribution in [3.8, 4) is 6.07 Å². The maximum absolute atomic E-state index is 13.1. The Kier molecular flexibility index (Phi) is 4.50. The first-order chi connectivity index (χ1) is 10.8. The maximum Gasteiger partial charge on any atom is 0.123 e. The molecule has 0 amide bonds. The fourth-order valence-electron chi connectivity index (χ4n) is 2.92. The minimum absolute atomic E-state index is 0.191. The molecule has 1 fully saturated rings. The minimum atomic E-state index is -0.191. The van der Waals surface area contributed by atoms with Gasteiger partial charge in [0.25, 0.3) is 0 Å². The molecule has 0 saturated heterocycles. The number of hydrogen-bond acceptors (Lipinski definition) is 2. The van der Waals surface area contributed by atoms with E-state index in [0.29, 0.717) is 11.5 Å². The molecule has 0 aliphatic heterocycles. The predicted octanol–water partition coefficient (Wildman–Crippen LogP) is 4.33. The van der Waals surface area contributed by atoms with Crippen molar-refractivity contribution in [1.29, 1.82) is 5.26 Å². The number of nitrogens with one attached hydrogen (secondary N) is 1. The summed E-state index contributed by atoms with van der Waals surface area (Å²) in [7, 11) is 0. The van der Waals surface area contributed by atoms with Crippen LogP contribution in [0.2, 0.25) is 0 Å². The van der Waals surface area contributed by atoms with Gasteiger partial charge in [0.1, 0.15) is 5.82 Å². The van der Waals surface area contributed by atoms with E-state index in [1.54, 1.807) is 0 Å². The largest absolute Gasteiger partial charge is 0.306 e. The van der Waals surface area contributed by atoms with E-state index in [0.717, 1.165) is 17.7 Å². The van der Waals surface area contributed by atoms with Crippen molar-refractivity contribution in [2.75, 3.05) is 0 Å². The van der Waals surface area contributed by atoms with Crippen LogP contribution in [0, 0.1) is 23.1 Å². The summed E-state index contributed by atoms with van der Waals surface area (Å²) in [6.07, 6.45) is 3.73. The van der Waals surface area contributed by atoms with Crippen LogP contribution in [0.4, 0.5) is 4.39 Å². The second kappa shape index (κ2) is 6.72. The SMILES string of the molecule is N#Cc1ccc(CNC(c2ccc(F)cc2)C2CCC2)cc1. The van der Waals surface area contributed by atoms with E-state index in [9.17, 15) is 4.39 Å². The number of halogens is 1. The van der Waals surface area contributed by atoms with E-state index in [-0.39, 0.29) is 11.9 Å². The molecule has 1 unspecified atom stereocenters. The average molecular weight is 294 g/mol. The Hall–Kier alpha value is -2.18. The predicted molar refractivity (Wildman–Crippen MR) is 84.5 cm³/mol. The molecular formula is C19H19FN2. The smallest absolute Gasteiger partial charge is 0.123 e. The summed E-state index contributed by atoms with van der Waals surface area (Å²) >= 11 is 0. The van der Waals surface area contributed by atoms with Gasteiger partial charge in [-0.15, -0.1) is 0 Å². The van der Waals surface area contributed by atoms with Crippen LogP contribution in [0.5, 0.6) is 0 Å². The van der Waals surface area contributed by atoms with Gasteiger partial charge >= 0.3 is 0 Å². The molecular weight excluding hydrogens is 275 g/mol. The molecule has 1 N–H and O–H groups in total. The Balaban J connectivity index is 1.70. The van der Waals surface area contributed by atoms with Crippen LogP contribution in [-0.2, 0) is 6.54 Å². The van der Waals surface area contributed by atoms with Crippen LogP contribution in [-0.4, -0.2) is 0 Å². The van der Waals surface area contributed by atoms with Crippen molar-refractivity contribution >= 4 is 0 Å². The van der Waals surface area contributed by atoms with Gasteiger partial charge in [-0.1, -0.05) is 30.7 Å². The molecule has 1 aliphatic rings. The molecule has 0 spiro atoms. The summed E-state index contributed by atoms with van der Waals surface area (Å²) in [5.74, 6) is 0.437. The van der Waals surface area contributed by atoms with Gasteiger partial charge in [-0.25, -0.2) is 4.39 Å².